The maximum absolute atomic E-state index is 5.35. The molecule has 0 radical (unpaired) electrons. The third-order valence-corrected chi connectivity index (χ3v) is 1.33. The maximum Gasteiger partial charge on any atom is 0.0594 e. The van der Waals surface area contributed by atoms with E-state index in [1.165, 1.54) is 0 Å². The lowest BCUT2D eigenvalue weighted by Crippen LogP contribution is -2.22. The van der Waals surface area contributed by atoms with E-state index < -0.39 is 0 Å². The molecule has 12 heavy (non-hydrogen) atoms. The van der Waals surface area contributed by atoms with Gasteiger partial charge in [0.25, 0.3) is 0 Å². The van der Waals surface area contributed by atoms with Gasteiger partial charge < -0.3 is 10.1 Å². The Hall–Kier alpha value is -0.520. The Morgan fingerprint density at radius 2 is 2.08 bits per heavy atom. The largest absolute Gasteiger partial charge is 0.377 e. The molecule has 2 nitrogen and oxygen atoms in total. The fraction of sp³-hybridized carbons (Fsp3) is 0.800. The zero-order valence-electron chi connectivity index (χ0n) is 8.31. The van der Waals surface area contributed by atoms with Crippen LogP contribution in [0.1, 0.15) is 27.2 Å². The number of hydrogen-bond acceptors (Lipinski definition) is 2. The van der Waals surface area contributed by atoms with Crippen LogP contribution in [0.5, 0.6) is 0 Å². The molecule has 0 rings (SSSR count). The van der Waals surface area contributed by atoms with Gasteiger partial charge in [-0.1, -0.05) is 0 Å². The maximum atomic E-state index is 5.35. The molecule has 0 saturated carbocycles. The molecular weight excluding hydrogens is 150 g/mol. The normalized spacial score (nSPS) is 9.67. The van der Waals surface area contributed by atoms with E-state index in [-0.39, 0.29) is 0 Å². The summed E-state index contributed by atoms with van der Waals surface area (Å²) in [5, 5.41) is 3.25. The molecule has 0 heterocycles. The molecule has 0 aromatic carbocycles. The fourth-order valence-corrected chi connectivity index (χ4v) is 0.768. The smallest absolute Gasteiger partial charge is 0.0594 e. The van der Waals surface area contributed by atoms with Crippen molar-refractivity contribution in [1.29, 1.82) is 0 Å². The summed E-state index contributed by atoms with van der Waals surface area (Å²) < 4.78 is 5.35. The monoisotopic (exact) mass is 169 g/mol. The van der Waals surface area contributed by atoms with Gasteiger partial charge in [-0.3, -0.25) is 0 Å². The molecule has 0 aromatic heterocycles. The van der Waals surface area contributed by atoms with Gasteiger partial charge in [-0.2, -0.15) is 0 Å². The highest BCUT2D eigenvalue weighted by atomic mass is 16.5. The van der Waals surface area contributed by atoms with E-state index in [0.717, 1.165) is 26.1 Å². The minimum Gasteiger partial charge on any atom is -0.377 e. The van der Waals surface area contributed by atoms with Crippen LogP contribution in [-0.2, 0) is 4.74 Å². The van der Waals surface area contributed by atoms with Crippen LogP contribution in [0.2, 0.25) is 0 Å². The van der Waals surface area contributed by atoms with E-state index in [9.17, 15) is 0 Å². The quantitative estimate of drug-likeness (QED) is 0.479. The average molecular weight is 169 g/mol. The summed E-state index contributed by atoms with van der Waals surface area (Å²) in [5.41, 5.74) is 0. The average Bonchev–Trinajstić information content (AvgIpc) is 2.02. The van der Waals surface area contributed by atoms with Gasteiger partial charge in [0.2, 0.25) is 0 Å². The van der Waals surface area contributed by atoms with Gasteiger partial charge in [0.1, 0.15) is 0 Å². The van der Waals surface area contributed by atoms with Crippen molar-refractivity contribution < 1.29 is 4.74 Å². The predicted molar refractivity (Wildman–Crippen MR) is 52.0 cm³/mol. The van der Waals surface area contributed by atoms with Gasteiger partial charge in [0.15, 0.2) is 0 Å². The molecule has 0 aliphatic rings. The van der Waals surface area contributed by atoms with Crippen molar-refractivity contribution in [3.63, 3.8) is 0 Å². The Balaban J connectivity index is 2.94. The van der Waals surface area contributed by atoms with Gasteiger partial charge in [-0.05, 0) is 20.8 Å². The standard InChI is InChI=1S/C10H19NO/c1-4-5-6-7-11-8-9-12-10(2)3/h10-11H,6-9H2,1-3H3. The molecule has 0 unspecified atom stereocenters. The highest BCUT2D eigenvalue weighted by molar-refractivity contribution is 4.94. The molecule has 70 valence electrons. The molecule has 1 N–H and O–H groups in total. The van der Waals surface area contributed by atoms with Crippen LogP contribution in [0.4, 0.5) is 0 Å². The Morgan fingerprint density at radius 1 is 1.33 bits per heavy atom. The summed E-state index contributed by atoms with van der Waals surface area (Å²) in [6.45, 7) is 8.62. The lowest BCUT2D eigenvalue weighted by Gasteiger charge is -2.07. The third kappa shape index (κ3) is 9.48. The van der Waals surface area contributed by atoms with Gasteiger partial charge >= 0.3 is 0 Å². The number of ether oxygens (including phenoxy) is 1. The van der Waals surface area contributed by atoms with E-state index in [0.29, 0.717) is 6.10 Å². The van der Waals surface area contributed by atoms with Crippen molar-refractivity contribution >= 4 is 0 Å². The number of nitrogens with one attached hydrogen (secondary N) is 1. The molecule has 0 atom stereocenters. The van der Waals surface area contributed by atoms with E-state index in [4.69, 9.17) is 4.74 Å². The van der Waals surface area contributed by atoms with E-state index in [2.05, 4.69) is 17.2 Å². The SMILES string of the molecule is CC#CCCNCCOC(C)C. The van der Waals surface area contributed by atoms with Crippen LogP contribution in [0.25, 0.3) is 0 Å². The lowest BCUT2D eigenvalue weighted by atomic mass is 10.4. The van der Waals surface area contributed by atoms with E-state index >= 15 is 0 Å². The zero-order valence-corrected chi connectivity index (χ0v) is 8.31. The minimum absolute atomic E-state index is 0.335. The van der Waals surface area contributed by atoms with Crippen LogP contribution < -0.4 is 5.32 Å². The molecule has 0 bridgehead atoms. The van der Waals surface area contributed by atoms with Gasteiger partial charge in [-0.15, -0.1) is 11.8 Å². The Kier molecular flexibility index (Phi) is 8.20. The van der Waals surface area contributed by atoms with Crippen LogP contribution in [0.3, 0.4) is 0 Å². The summed E-state index contributed by atoms with van der Waals surface area (Å²) in [6.07, 6.45) is 1.26. The summed E-state index contributed by atoms with van der Waals surface area (Å²) in [4.78, 5) is 0. The molecule has 0 aromatic rings. The van der Waals surface area contributed by atoms with Crippen molar-refractivity contribution in [2.45, 2.75) is 33.3 Å². The lowest BCUT2D eigenvalue weighted by molar-refractivity contribution is 0.0810. The first-order chi connectivity index (χ1) is 5.77. The molecule has 0 saturated heterocycles. The van der Waals surface area contributed by atoms with Crippen molar-refractivity contribution in [1.82, 2.24) is 5.32 Å². The second kappa shape index (κ2) is 8.58. The number of hydrogen-bond donors (Lipinski definition) is 1. The van der Waals surface area contributed by atoms with Crippen LogP contribution in [0.15, 0.2) is 0 Å². The van der Waals surface area contributed by atoms with Crippen LogP contribution in [-0.4, -0.2) is 25.8 Å². The molecule has 0 fully saturated rings. The number of rotatable bonds is 6. The minimum atomic E-state index is 0.335. The van der Waals surface area contributed by atoms with Crippen molar-refractivity contribution in [2.24, 2.45) is 0 Å². The summed E-state index contributed by atoms with van der Waals surface area (Å²) in [5.74, 6) is 5.85. The summed E-state index contributed by atoms with van der Waals surface area (Å²) >= 11 is 0. The van der Waals surface area contributed by atoms with Gasteiger partial charge in [0.05, 0.1) is 12.7 Å². The molecular formula is C10H19NO. The van der Waals surface area contributed by atoms with Crippen molar-refractivity contribution in [3.8, 4) is 11.8 Å². The molecule has 2 heteroatoms. The molecule has 0 aliphatic carbocycles. The van der Waals surface area contributed by atoms with Crippen LogP contribution in [0, 0.1) is 11.8 Å². The Labute approximate surface area is 75.7 Å². The Bertz CT molecular complexity index is 144. The predicted octanol–water partition coefficient (Wildman–Crippen LogP) is 1.41. The zero-order chi connectivity index (χ0) is 9.23. The van der Waals surface area contributed by atoms with Crippen molar-refractivity contribution in [3.05, 3.63) is 0 Å². The second-order valence-corrected chi connectivity index (χ2v) is 2.85. The first kappa shape index (κ1) is 11.5. The highest BCUT2D eigenvalue weighted by Gasteiger charge is 1.91. The second-order valence-electron chi connectivity index (χ2n) is 2.85. The molecule has 0 spiro atoms. The highest BCUT2D eigenvalue weighted by Crippen LogP contribution is 1.84. The molecule has 0 aliphatic heterocycles. The van der Waals surface area contributed by atoms with Crippen LogP contribution >= 0.6 is 0 Å². The molecule has 0 amide bonds. The van der Waals surface area contributed by atoms with E-state index in [1.54, 1.807) is 0 Å². The van der Waals surface area contributed by atoms with Gasteiger partial charge in [0, 0.05) is 19.5 Å². The first-order valence-corrected chi connectivity index (χ1v) is 4.49. The first-order valence-electron chi connectivity index (χ1n) is 4.49. The summed E-state index contributed by atoms with van der Waals surface area (Å²) in [7, 11) is 0. The Morgan fingerprint density at radius 3 is 2.67 bits per heavy atom. The topological polar surface area (TPSA) is 21.3 Å². The van der Waals surface area contributed by atoms with Gasteiger partial charge in [-0.25, -0.2) is 0 Å². The fourth-order valence-electron chi connectivity index (χ4n) is 0.768. The van der Waals surface area contributed by atoms with Crippen molar-refractivity contribution in [2.75, 3.05) is 19.7 Å². The third-order valence-electron chi connectivity index (χ3n) is 1.33. The van der Waals surface area contributed by atoms with E-state index in [1.807, 2.05) is 20.8 Å². The summed E-state index contributed by atoms with van der Waals surface area (Å²) in [6, 6.07) is 0.